The molecule has 1 atom stereocenters. The molecule has 2 aromatic heterocycles. The van der Waals surface area contributed by atoms with E-state index < -0.39 is 11.6 Å². The molecule has 4 aromatic rings. The maximum absolute atomic E-state index is 15.3. The van der Waals surface area contributed by atoms with Crippen molar-refractivity contribution < 1.29 is 8.78 Å². The minimum Gasteiger partial charge on any atom is -0.368 e. The number of fused-ring (bicyclic) bond motifs is 1. The van der Waals surface area contributed by atoms with E-state index in [-0.39, 0.29) is 17.7 Å². The van der Waals surface area contributed by atoms with Crippen LogP contribution in [0.5, 0.6) is 0 Å². The number of nitrogen functional groups attached to an aromatic ring is 1. The van der Waals surface area contributed by atoms with E-state index >= 15 is 8.78 Å². The molecule has 1 saturated heterocycles. The molecule has 0 amide bonds. The zero-order valence-electron chi connectivity index (χ0n) is 20.4. The summed E-state index contributed by atoms with van der Waals surface area (Å²) in [4.78, 5) is 13.7. The minimum absolute atomic E-state index is 0.0217. The first-order chi connectivity index (χ1) is 18.0. The summed E-state index contributed by atoms with van der Waals surface area (Å²) in [5.41, 5.74) is 8.31. The van der Waals surface area contributed by atoms with Gasteiger partial charge in [0.15, 0.2) is 5.82 Å². The van der Waals surface area contributed by atoms with Gasteiger partial charge in [-0.1, -0.05) is 37.3 Å². The van der Waals surface area contributed by atoms with Gasteiger partial charge in [0, 0.05) is 43.7 Å². The Labute approximate surface area is 217 Å². The van der Waals surface area contributed by atoms with Crippen LogP contribution in [0.4, 0.5) is 26.2 Å². The molecule has 7 nitrogen and oxygen atoms in total. The second kappa shape index (κ2) is 9.68. The molecule has 1 fully saturated rings. The predicted molar refractivity (Wildman–Crippen MR) is 146 cm³/mol. The van der Waals surface area contributed by atoms with Crippen LogP contribution in [0.25, 0.3) is 20.7 Å². The number of rotatable bonds is 5. The van der Waals surface area contributed by atoms with E-state index in [1.807, 2.05) is 35.5 Å². The van der Waals surface area contributed by atoms with Crippen LogP contribution in [-0.4, -0.2) is 53.8 Å². The molecule has 6 rings (SSSR count). The molecule has 2 aliphatic heterocycles. The monoisotopic (exact) mass is 519 g/mol. The van der Waals surface area contributed by atoms with Crippen LogP contribution in [-0.2, 0) is 0 Å². The van der Waals surface area contributed by atoms with E-state index in [4.69, 9.17) is 5.73 Å². The lowest BCUT2D eigenvalue weighted by molar-refractivity contribution is 0.269. The summed E-state index contributed by atoms with van der Waals surface area (Å²) in [5, 5.41) is 6.44. The Hall–Kier alpha value is -3.63. The Morgan fingerprint density at radius 3 is 2.43 bits per heavy atom. The summed E-state index contributed by atoms with van der Waals surface area (Å²) in [6, 6.07) is 14.7. The molecule has 0 saturated carbocycles. The number of likely N-dealkylation sites (N-methyl/N-ethyl adjacent to an activating group) is 1. The molecular weight excluding hydrogens is 492 g/mol. The third-order valence-electron chi connectivity index (χ3n) is 7.04. The third-order valence-corrected chi connectivity index (χ3v) is 8.21. The second-order valence-electron chi connectivity index (χ2n) is 9.25. The van der Waals surface area contributed by atoms with Crippen molar-refractivity contribution in [3.63, 3.8) is 0 Å². The van der Waals surface area contributed by atoms with Crippen LogP contribution in [0.1, 0.15) is 24.9 Å². The SMILES string of the molecule is CCN1CCN(c2c(F)cc(-c3cc4nc(N)nc(N5N=CCC5c5ccccc5)c4s3)cc2F)CC1. The van der Waals surface area contributed by atoms with Crippen LogP contribution >= 0.6 is 11.3 Å². The lowest BCUT2D eigenvalue weighted by atomic mass is 10.0. The largest absolute Gasteiger partial charge is 0.368 e. The highest BCUT2D eigenvalue weighted by Crippen LogP contribution is 2.42. The van der Waals surface area contributed by atoms with E-state index in [2.05, 4.69) is 39.0 Å². The van der Waals surface area contributed by atoms with Gasteiger partial charge in [0.05, 0.1) is 16.3 Å². The highest BCUT2D eigenvalue weighted by Gasteiger charge is 2.29. The van der Waals surface area contributed by atoms with Gasteiger partial charge < -0.3 is 15.5 Å². The summed E-state index contributed by atoms with van der Waals surface area (Å²) in [6.45, 7) is 5.81. The number of thiophene rings is 1. The highest BCUT2D eigenvalue weighted by molar-refractivity contribution is 7.22. The fourth-order valence-electron chi connectivity index (χ4n) is 5.10. The van der Waals surface area contributed by atoms with Crippen molar-refractivity contribution in [2.75, 3.05) is 48.4 Å². The number of benzene rings is 2. The van der Waals surface area contributed by atoms with Gasteiger partial charge in [-0.15, -0.1) is 11.3 Å². The summed E-state index contributed by atoms with van der Waals surface area (Å²) in [6.07, 6.45) is 2.60. The maximum atomic E-state index is 15.3. The normalized spacial score (nSPS) is 18.3. The number of nitrogens with two attached hydrogens (primary N) is 1. The van der Waals surface area contributed by atoms with Crippen molar-refractivity contribution in [2.24, 2.45) is 5.10 Å². The average Bonchev–Trinajstić information content (AvgIpc) is 3.56. The summed E-state index contributed by atoms with van der Waals surface area (Å²) in [5.74, 6) is -0.402. The van der Waals surface area contributed by atoms with Gasteiger partial charge in [-0.25, -0.2) is 18.8 Å². The van der Waals surface area contributed by atoms with Crippen molar-refractivity contribution in [2.45, 2.75) is 19.4 Å². The molecular formula is C27H27F2N7S. The van der Waals surface area contributed by atoms with Crippen LogP contribution < -0.4 is 15.6 Å². The lowest BCUT2D eigenvalue weighted by Gasteiger charge is -2.35. The fourth-order valence-corrected chi connectivity index (χ4v) is 6.16. The molecule has 37 heavy (non-hydrogen) atoms. The molecule has 4 heterocycles. The Morgan fingerprint density at radius 1 is 1.00 bits per heavy atom. The topological polar surface area (TPSA) is 73.9 Å². The molecule has 0 aliphatic carbocycles. The fraction of sp³-hybridized carbons (Fsp3) is 0.296. The number of hydrogen-bond donors (Lipinski definition) is 1. The molecule has 190 valence electrons. The van der Waals surface area contributed by atoms with Gasteiger partial charge in [0.2, 0.25) is 5.95 Å². The smallest absolute Gasteiger partial charge is 0.222 e. The minimum atomic E-state index is -0.559. The van der Waals surface area contributed by atoms with Gasteiger partial charge in [0.1, 0.15) is 17.3 Å². The van der Waals surface area contributed by atoms with Gasteiger partial charge in [0.25, 0.3) is 0 Å². The van der Waals surface area contributed by atoms with Gasteiger partial charge >= 0.3 is 0 Å². The van der Waals surface area contributed by atoms with E-state index in [1.165, 1.54) is 23.5 Å². The maximum Gasteiger partial charge on any atom is 0.222 e. The standard InChI is InChI=1S/C27H27F2N7S/c1-2-34-10-12-35(13-11-34)24-19(28)14-18(15-20(24)29)23-16-21-25(37-23)26(33-27(30)32-21)36-22(8-9-31-36)17-6-4-3-5-7-17/h3-7,9,14-16,22H,2,8,10-13H2,1H3,(H2,30,32,33). The quantitative estimate of drug-likeness (QED) is 0.386. The van der Waals surface area contributed by atoms with E-state index in [9.17, 15) is 0 Å². The van der Waals surface area contributed by atoms with E-state index in [0.29, 0.717) is 34.9 Å². The molecule has 2 N–H and O–H groups in total. The first kappa shape index (κ1) is 23.7. The molecule has 0 spiro atoms. The molecule has 1 unspecified atom stereocenters. The summed E-state index contributed by atoms with van der Waals surface area (Å²) in [7, 11) is 0. The van der Waals surface area contributed by atoms with Crippen molar-refractivity contribution in [3.8, 4) is 10.4 Å². The predicted octanol–water partition coefficient (Wildman–Crippen LogP) is 5.30. The number of piperazine rings is 1. The zero-order chi connectivity index (χ0) is 25.5. The van der Waals surface area contributed by atoms with E-state index in [0.717, 1.165) is 36.3 Å². The summed E-state index contributed by atoms with van der Waals surface area (Å²) < 4.78 is 31.3. The van der Waals surface area contributed by atoms with Crippen molar-refractivity contribution >= 4 is 45.2 Å². The Kier molecular flexibility index (Phi) is 6.21. The Morgan fingerprint density at radius 2 is 1.73 bits per heavy atom. The van der Waals surface area contributed by atoms with Crippen molar-refractivity contribution in [1.82, 2.24) is 14.9 Å². The number of nitrogens with zero attached hydrogens (tertiary/aromatic N) is 6. The Balaban J connectivity index is 1.36. The van der Waals surface area contributed by atoms with Crippen LogP contribution in [0.2, 0.25) is 0 Å². The summed E-state index contributed by atoms with van der Waals surface area (Å²) >= 11 is 1.38. The van der Waals surface area contributed by atoms with Crippen molar-refractivity contribution in [1.29, 1.82) is 0 Å². The molecule has 2 aromatic carbocycles. The van der Waals surface area contributed by atoms with Crippen molar-refractivity contribution in [3.05, 3.63) is 65.7 Å². The number of aromatic nitrogens is 2. The molecule has 0 radical (unpaired) electrons. The van der Waals surface area contributed by atoms with E-state index in [1.54, 1.807) is 4.90 Å². The van der Waals surface area contributed by atoms with Crippen LogP contribution in [0.15, 0.2) is 53.6 Å². The third kappa shape index (κ3) is 4.40. The number of hydrogen-bond acceptors (Lipinski definition) is 8. The first-order valence-corrected chi connectivity index (χ1v) is 13.2. The number of hydrazone groups is 1. The van der Waals surface area contributed by atoms with Gasteiger partial charge in [-0.3, -0.25) is 0 Å². The lowest BCUT2D eigenvalue weighted by Crippen LogP contribution is -2.46. The second-order valence-corrected chi connectivity index (χ2v) is 10.3. The van der Waals surface area contributed by atoms with Crippen LogP contribution in [0, 0.1) is 11.6 Å². The average molecular weight is 520 g/mol. The zero-order valence-corrected chi connectivity index (χ0v) is 21.3. The molecule has 10 heteroatoms. The highest BCUT2D eigenvalue weighted by atomic mass is 32.1. The number of anilines is 3. The Bertz CT molecular complexity index is 1440. The van der Waals surface area contributed by atoms with Gasteiger partial charge in [-0.2, -0.15) is 10.1 Å². The first-order valence-electron chi connectivity index (χ1n) is 12.4. The molecule has 0 bridgehead atoms. The number of halogens is 2. The van der Waals surface area contributed by atoms with Gasteiger partial charge in [-0.05, 0) is 35.9 Å². The van der Waals surface area contributed by atoms with Crippen LogP contribution in [0.3, 0.4) is 0 Å². The molecule has 2 aliphatic rings.